The lowest BCUT2D eigenvalue weighted by Crippen LogP contribution is -1.93. The number of carbonyl (C=O) groups excluding carboxylic acids is 1. The molecular weight excluding hydrogens is 219 g/mol. The van der Waals surface area contributed by atoms with Gasteiger partial charge in [-0.25, -0.2) is 4.39 Å². The molecule has 0 saturated carbocycles. The van der Waals surface area contributed by atoms with Crippen molar-refractivity contribution < 1.29 is 9.18 Å². The number of halogens is 1. The summed E-state index contributed by atoms with van der Waals surface area (Å²) >= 11 is 0. The van der Waals surface area contributed by atoms with Crippen molar-refractivity contribution in [1.29, 1.82) is 0 Å². The van der Waals surface area contributed by atoms with Gasteiger partial charge in [0, 0.05) is 29.4 Å². The third kappa shape index (κ3) is 1.86. The van der Waals surface area contributed by atoms with Crippen LogP contribution in [0, 0.1) is 19.7 Å². The molecule has 0 fully saturated rings. The zero-order valence-corrected chi connectivity index (χ0v) is 9.99. The van der Waals surface area contributed by atoms with Crippen LogP contribution in [-0.4, -0.2) is 16.1 Å². The number of hydrogen-bond acceptors (Lipinski definition) is 2. The standard InChI is InChI=1S/C13H13FN2O/c1-8-13(9(2)16(3)15-8)11-5-4-10(7-17)6-12(11)14/h4-7H,1-3H3. The van der Waals surface area contributed by atoms with Crippen molar-refractivity contribution in [1.82, 2.24) is 9.78 Å². The van der Waals surface area contributed by atoms with E-state index in [1.165, 1.54) is 6.07 Å². The molecule has 17 heavy (non-hydrogen) atoms. The van der Waals surface area contributed by atoms with Crippen LogP contribution in [0.3, 0.4) is 0 Å². The summed E-state index contributed by atoms with van der Waals surface area (Å²) in [5, 5.41) is 4.25. The van der Waals surface area contributed by atoms with E-state index in [0.29, 0.717) is 17.4 Å². The number of carbonyl (C=O) groups is 1. The second kappa shape index (κ2) is 4.13. The van der Waals surface area contributed by atoms with Crippen molar-refractivity contribution in [2.24, 2.45) is 7.05 Å². The SMILES string of the molecule is Cc1nn(C)c(C)c1-c1ccc(C=O)cc1F. The van der Waals surface area contributed by atoms with Crippen LogP contribution in [0.15, 0.2) is 18.2 Å². The first-order valence-corrected chi connectivity index (χ1v) is 5.30. The van der Waals surface area contributed by atoms with E-state index in [-0.39, 0.29) is 0 Å². The van der Waals surface area contributed by atoms with Gasteiger partial charge in [-0.2, -0.15) is 5.10 Å². The fraction of sp³-hybridized carbons (Fsp3) is 0.231. The highest BCUT2D eigenvalue weighted by Gasteiger charge is 2.15. The smallest absolute Gasteiger partial charge is 0.150 e. The lowest BCUT2D eigenvalue weighted by molar-refractivity contribution is 0.112. The molecule has 3 nitrogen and oxygen atoms in total. The number of rotatable bonds is 2. The molecule has 2 aromatic rings. The summed E-state index contributed by atoms with van der Waals surface area (Å²) in [4.78, 5) is 10.6. The van der Waals surface area contributed by atoms with Gasteiger partial charge in [0.2, 0.25) is 0 Å². The maximum absolute atomic E-state index is 13.9. The summed E-state index contributed by atoms with van der Waals surface area (Å²) in [6.45, 7) is 3.73. The van der Waals surface area contributed by atoms with Gasteiger partial charge in [-0.1, -0.05) is 12.1 Å². The molecule has 0 spiro atoms. The highest BCUT2D eigenvalue weighted by atomic mass is 19.1. The molecule has 0 amide bonds. The van der Waals surface area contributed by atoms with Gasteiger partial charge in [-0.15, -0.1) is 0 Å². The highest BCUT2D eigenvalue weighted by Crippen LogP contribution is 2.29. The molecule has 1 aromatic heterocycles. The number of aromatic nitrogens is 2. The van der Waals surface area contributed by atoms with Gasteiger partial charge in [-0.3, -0.25) is 9.48 Å². The quantitative estimate of drug-likeness (QED) is 0.746. The molecule has 0 radical (unpaired) electrons. The molecule has 88 valence electrons. The lowest BCUT2D eigenvalue weighted by atomic mass is 10.0. The first kappa shape index (κ1) is 11.5. The van der Waals surface area contributed by atoms with Crippen LogP contribution in [0.1, 0.15) is 21.7 Å². The maximum Gasteiger partial charge on any atom is 0.150 e. The summed E-state index contributed by atoms with van der Waals surface area (Å²) in [6.07, 6.45) is 0.635. The van der Waals surface area contributed by atoms with Gasteiger partial charge >= 0.3 is 0 Å². The predicted molar refractivity (Wildman–Crippen MR) is 63.5 cm³/mol. The van der Waals surface area contributed by atoms with Crippen molar-refractivity contribution in [3.8, 4) is 11.1 Å². The first-order chi connectivity index (χ1) is 8.04. The van der Waals surface area contributed by atoms with Crippen LogP contribution in [0.25, 0.3) is 11.1 Å². The normalized spacial score (nSPS) is 10.6. The number of aldehydes is 1. The molecule has 0 atom stereocenters. The zero-order chi connectivity index (χ0) is 12.6. The molecule has 0 aliphatic heterocycles. The van der Waals surface area contributed by atoms with E-state index in [9.17, 15) is 9.18 Å². The Morgan fingerprint density at radius 1 is 1.35 bits per heavy atom. The first-order valence-electron chi connectivity index (χ1n) is 5.30. The largest absolute Gasteiger partial charge is 0.298 e. The van der Waals surface area contributed by atoms with E-state index < -0.39 is 5.82 Å². The topological polar surface area (TPSA) is 34.9 Å². The van der Waals surface area contributed by atoms with Crippen molar-refractivity contribution in [3.05, 3.63) is 41.0 Å². The van der Waals surface area contributed by atoms with Crippen molar-refractivity contribution in [2.45, 2.75) is 13.8 Å². The Labute approximate surface area is 98.9 Å². The van der Waals surface area contributed by atoms with E-state index in [1.54, 1.807) is 16.8 Å². The fourth-order valence-corrected chi connectivity index (χ4v) is 1.97. The Morgan fingerprint density at radius 2 is 2.06 bits per heavy atom. The van der Waals surface area contributed by atoms with E-state index in [1.807, 2.05) is 20.9 Å². The van der Waals surface area contributed by atoms with Gasteiger partial charge in [0.15, 0.2) is 0 Å². The zero-order valence-electron chi connectivity index (χ0n) is 9.99. The van der Waals surface area contributed by atoms with E-state index in [4.69, 9.17) is 0 Å². The Hall–Kier alpha value is -1.97. The molecule has 4 heteroatoms. The minimum absolute atomic E-state index is 0.338. The number of nitrogens with zero attached hydrogens (tertiary/aromatic N) is 2. The van der Waals surface area contributed by atoms with Crippen molar-refractivity contribution >= 4 is 6.29 Å². The number of aryl methyl sites for hydroxylation is 2. The van der Waals surface area contributed by atoms with Crippen LogP contribution in [0.4, 0.5) is 4.39 Å². The van der Waals surface area contributed by atoms with E-state index >= 15 is 0 Å². The van der Waals surface area contributed by atoms with Gasteiger partial charge in [0.25, 0.3) is 0 Å². The maximum atomic E-state index is 13.9. The Bertz CT molecular complexity index is 587. The highest BCUT2D eigenvalue weighted by molar-refractivity contribution is 5.78. The summed E-state index contributed by atoms with van der Waals surface area (Å²) in [7, 11) is 1.82. The van der Waals surface area contributed by atoms with E-state index in [0.717, 1.165) is 17.0 Å². The minimum atomic E-state index is -0.395. The summed E-state index contributed by atoms with van der Waals surface area (Å²) < 4.78 is 15.6. The van der Waals surface area contributed by atoms with Crippen LogP contribution < -0.4 is 0 Å². The molecular formula is C13H13FN2O. The van der Waals surface area contributed by atoms with Gasteiger partial charge in [0.1, 0.15) is 12.1 Å². The Balaban J connectivity index is 2.64. The Morgan fingerprint density at radius 3 is 2.53 bits per heavy atom. The third-order valence-electron chi connectivity index (χ3n) is 2.91. The second-order valence-corrected chi connectivity index (χ2v) is 4.03. The van der Waals surface area contributed by atoms with Crippen LogP contribution >= 0.6 is 0 Å². The minimum Gasteiger partial charge on any atom is -0.298 e. The van der Waals surface area contributed by atoms with Crippen LogP contribution in [0.2, 0.25) is 0 Å². The number of hydrogen-bond donors (Lipinski definition) is 0. The van der Waals surface area contributed by atoms with Crippen LogP contribution in [0.5, 0.6) is 0 Å². The molecule has 0 saturated heterocycles. The van der Waals surface area contributed by atoms with Gasteiger partial charge in [0.05, 0.1) is 5.69 Å². The predicted octanol–water partition coefficient (Wildman–Crippen LogP) is 2.66. The van der Waals surface area contributed by atoms with Gasteiger partial charge < -0.3 is 0 Å². The summed E-state index contributed by atoms with van der Waals surface area (Å²) in [6, 6.07) is 4.47. The molecule has 0 unspecified atom stereocenters. The second-order valence-electron chi connectivity index (χ2n) is 4.03. The lowest BCUT2D eigenvalue weighted by Gasteiger charge is -2.04. The fourth-order valence-electron chi connectivity index (χ4n) is 1.97. The average Bonchev–Trinajstić information content (AvgIpc) is 2.54. The molecule has 2 rings (SSSR count). The Kier molecular flexibility index (Phi) is 2.79. The number of benzene rings is 1. The molecule has 0 N–H and O–H groups in total. The van der Waals surface area contributed by atoms with Crippen molar-refractivity contribution in [2.75, 3.05) is 0 Å². The average molecular weight is 232 g/mol. The summed E-state index contributed by atoms with van der Waals surface area (Å²) in [5.74, 6) is -0.395. The summed E-state index contributed by atoms with van der Waals surface area (Å²) in [5.41, 5.74) is 3.30. The van der Waals surface area contributed by atoms with E-state index in [2.05, 4.69) is 5.10 Å². The van der Waals surface area contributed by atoms with Crippen molar-refractivity contribution in [3.63, 3.8) is 0 Å². The van der Waals surface area contributed by atoms with Gasteiger partial charge in [-0.05, 0) is 19.9 Å². The van der Waals surface area contributed by atoms with Crippen LogP contribution in [-0.2, 0) is 7.05 Å². The molecule has 0 aliphatic carbocycles. The molecule has 1 aromatic carbocycles. The molecule has 1 heterocycles. The molecule has 0 aliphatic rings. The third-order valence-corrected chi connectivity index (χ3v) is 2.91. The monoisotopic (exact) mass is 232 g/mol. The molecule has 0 bridgehead atoms.